The van der Waals surface area contributed by atoms with Crippen molar-refractivity contribution in [3.8, 4) is 0 Å². The zero-order valence-electron chi connectivity index (χ0n) is 9.81. The molecule has 0 unspecified atom stereocenters. The van der Waals surface area contributed by atoms with Gasteiger partial charge < -0.3 is 16.0 Å². The van der Waals surface area contributed by atoms with Crippen molar-refractivity contribution in [1.29, 1.82) is 0 Å². The van der Waals surface area contributed by atoms with Crippen LogP contribution in [0.5, 0.6) is 0 Å². The van der Waals surface area contributed by atoms with E-state index in [-0.39, 0.29) is 5.91 Å². The monoisotopic (exact) mass is 221 g/mol. The minimum absolute atomic E-state index is 0.110. The molecule has 16 heavy (non-hydrogen) atoms. The Morgan fingerprint density at radius 3 is 2.62 bits per heavy atom. The lowest BCUT2D eigenvalue weighted by molar-refractivity contribution is -0.121. The lowest BCUT2D eigenvalue weighted by Crippen LogP contribution is -2.41. The number of hydrogen-bond acceptors (Lipinski definition) is 3. The highest BCUT2D eigenvalue weighted by Crippen LogP contribution is 2.09. The van der Waals surface area contributed by atoms with E-state index in [1.54, 1.807) is 6.92 Å². The van der Waals surface area contributed by atoms with Crippen LogP contribution in [-0.4, -0.2) is 32.1 Å². The predicted molar refractivity (Wildman–Crippen MR) is 66.4 cm³/mol. The molecule has 0 fully saturated rings. The summed E-state index contributed by atoms with van der Waals surface area (Å²) in [5.41, 5.74) is 6.57. The van der Waals surface area contributed by atoms with Crippen molar-refractivity contribution in [2.45, 2.75) is 13.0 Å². The van der Waals surface area contributed by atoms with E-state index in [1.807, 2.05) is 37.4 Å². The van der Waals surface area contributed by atoms with E-state index in [0.717, 1.165) is 12.2 Å². The average molecular weight is 221 g/mol. The van der Waals surface area contributed by atoms with Gasteiger partial charge in [-0.15, -0.1) is 0 Å². The number of nitrogens with two attached hydrogens (primary N) is 1. The van der Waals surface area contributed by atoms with Crippen molar-refractivity contribution in [2.75, 3.05) is 25.0 Å². The molecular weight excluding hydrogens is 202 g/mol. The molecule has 0 spiro atoms. The summed E-state index contributed by atoms with van der Waals surface area (Å²) in [5, 5.41) is 2.78. The molecule has 4 nitrogen and oxygen atoms in total. The molecule has 1 rings (SSSR count). The summed E-state index contributed by atoms with van der Waals surface area (Å²) in [7, 11) is 1.99. The van der Waals surface area contributed by atoms with Crippen molar-refractivity contribution in [2.24, 2.45) is 5.73 Å². The molecule has 0 aliphatic carbocycles. The van der Waals surface area contributed by atoms with Gasteiger partial charge in [0.25, 0.3) is 0 Å². The minimum Gasteiger partial charge on any atom is -0.373 e. The van der Waals surface area contributed by atoms with Crippen LogP contribution in [0.1, 0.15) is 6.92 Å². The number of hydrogen-bond donors (Lipinski definition) is 2. The van der Waals surface area contributed by atoms with Crippen LogP contribution in [0.4, 0.5) is 5.69 Å². The van der Waals surface area contributed by atoms with Gasteiger partial charge in [0, 0.05) is 25.8 Å². The number of benzene rings is 1. The molecule has 3 N–H and O–H groups in total. The average Bonchev–Trinajstić information content (AvgIpc) is 2.29. The summed E-state index contributed by atoms with van der Waals surface area (Å²) in [6.45, 7) is 3.05. The van der Waals surface area contributed by atoms with E-state index < -0.39 is 6.04 Å². The summed E-state index contributed by atoms with van der Waals surface area (Å²) in [6.07, 6.45) is 0. The normalized spacial score (nSPS) is 11.9. The van der Waals surface area contributed by atoms with Gasteiger partial charge in [-0.3, -0.25) is 4.79 Å². The van der Waals surface area contributed by atoms with Gasteiger partial charge in [-0.05, 0) is 19.1 Å². The first kappa shape index (κ1) is 12.5. The third-order valence-corrected chi connectivity index (χ3v) is 2.36. The van der Waals surface area contributed by atoms with Crippen molar-refractivity contribution >= 4 is 11.6 Å². The molecule has 1 aromatic carbocycles. The highest BCUT2D eigenvalue weighted by molar-refractivity contribution is 5.80. The van der Waals surface area contributed by atoms with E-state index in [1.165, 1.54) is 0 Å². The van der Waals surface area contributed by atoms with E-state index in [2.05, 4.69) is 10.2 Å². The number of nitrogens with zero attached hydrogens (tertiary/aromatic N) is 1. The highest BCUT2D eigenvalue weighted by Gasteiger charge is 2.06. The molecule has 1 atom stereocenters. The van der Waals surface area contributed by atoms with Gasteiger partial charge >= 0.3 is 0 Å². The van der Waals surface area contributed by atoms with Crippen molar-refractivity contribution in [3.63, 3.8) is 0 Å². The van der Waals surface area contributed by atoms with E-state index in [4.69, 9.17) is 5.73 Å². The zero-order chi connectivity index (χ0) is 12.0. The number of carbonyl (C=O) groups is 1. The van der Waals surface area contributed by atoms with Gasteiger partial charge in [-0.25, -0.2) is 0 Å². The van der Waals surface area contributed by atoms with Gasteiger partial charge in [-0.2, -0.15) is 0 Å². The maximum atomic E-state index is 11.2. The van der Waals surface area contributed by atoms with Crippen LogP contribution in [0, 0.1) is 0 Å². The summed E-state index contributed by atoms with van der Waals surface area (Å²) in [4.78, 5) is 13.3. The zero-order valence-corrected chi connectivity index (χ0v) is 9.81. The van der Waals surface area contributed by atoms with Crippen LogP contribution in [-0.2, 0) is 4.79 Å². The smallest absolute Gasteiger partial charge is 0.236 e. The lowest BCUT2D eigenvalue weighted by atomic mass is 10.3. The molecule has 0 heterocycles. The quantitative estimate of drug-likeness (QED) is 0.765. The number of para-hydroxylation sites is 1. The molecule has 0 saturated carbocycles. The number of rotatable bonds is 5. The van der Waals surface area contributed by atoms with Crippen molar-refractivity contribution < 1.29 is 4.79 Å². The Balaban J connectivity index is 2.31. The molecule has 1 amide bonds. The van der Waals surface area contributed by atoms with Crippen molar-refractivity contribution in [1.82, 2.24) is 5.32 Å². The number of amides is 1. The molecule has 88 valence electrons. The molecular formula is C12H19N3O. The van der Waals surface area contributed by atoms with Crippen LogP contribution >= 0.6 is 0 Å². The lowest BCUT2D eigenvalue weighted by Gasteiger charge is -2.19. The molecule has 0 aliphatic rings. The fourth-order valence-electron chi connectivity index (χ4n) is 1.32. The molecule has 0 aliphatic heterocycles. The molecule has 0 saturated heterocycles. The molecule has 0 aromatic heterocycles. The Morgan fingerprint density at radius 1 is 1.44 bits per heavy atom. The van der Waals surface area contributed by atoms with Gasteiger partial charge in [0.1, 0.15) is 0 Å². The van der Waals surface area contributed by atoms with E-state index in [9.17, 15) is 4.79 Å². The Bertz CT molecular complexity index is 324. The second-order valence-electron chi connectivity index (χ2n) is 3.84. The molecule has 4 heteroatoms. The number of nitrogens with one attached hydrogen (secondary N) is 1. The first-order valence-electron chi connectivity index (χ1n) is 5.40. The summed E-state index contributed by atoms with van der Waals surface area (Å²) in [6, 6.07) is 9.59. The second-order valence-corrected chi connectivity index (χ2v) is 3.84. The van der Waals surface area contributed by atoms with E-state index in [0.29, 0.717) is 6.54 Å². The molecule has 1 aromatic rings. The topological polar surface area (TPSA) is 58.4 Å². The fraction of sp³-hybridized carbons (Fsp3) is 0.417. The largest absolute Gasteiger partial charge is 0.373 e. The first-order chi connectivity index (χ1) is 7.61. The van der Waals surface area contributed by atoms with Crippen molar-refractivity contribution in [3.05, 3.63) is 30.3 Å². The molecule has 0 bridgehead atoms. The van der Waals surface area contributed by atoms with Crippen LogP contribution in [0.3, 0.4) is 0 Å². The van der Waals surface area contributed by atoms with Crippen LogP contribution in [0.25, 0.3) is 0 Å². The van der Waals surface area contributed by atoms with Gasteiger partial charge in [-0.1, -0.05) is 18.2 Å². The van der Waals surface area contributed by atoms with Gasteiger partial charge in [0.15, 0.2) is 0 Å². The number of carbonyl (C=O) groups excluding carboxylic acids is 1. The SMILES string of the molecule is C[C@@H](N)C(=O)NCCN(C)c1ccccc1. The van der Waals surface area contributed by atoms with Crippen LogP contribution in [0.15, 0.2) is 30.3 Å². The fourth-order valence-corrected chi connectivity index (χ4v) is 1.32. The first-order valence-corrected chi connectivity index (χ1v) is 5.40. The third kappa shape index (κ3) is 3.90. The van der Waals surface area contributed by atoms with Gasteiger partial charge in [0.2, 0.25) is 5.91 Å². The minimum atomic E-state index is -0.443. The molecule has 0 radical (unpaired) electrons. The van der Waals surface area contributed by atoms with Crippen LogP contribution < -0.4 is 16.0 Å². The number of likely N-dealkylation sites (N-methyl/N-ethyl adjacent to an activating group) is 1. The maximum absolute atomic E-state index is 11.2. The Hall–Kier alpha value is -1.55. The predicted octanol–water partition coefficient (Wildman–Crippen LogP) is 0.586. The van der Waals surface area contributed by atoms with Gasteiger partial charge in [0.05, 0.1) is 6.04 Å². The Labute approximate surface area is 96.4 Å². The summed E-state index contributed by atoms with van der Waals surface area (Å²) in [5.74, 6) is -0.110. The third-order valence-electron chi connectivity index (χ3n) is 2.36. The second kappa shape index (κ2) is 6.12. The summed E-state index contributed by atoms with van der Waals surface area (Å²) >= 11 is 0. The van der Waals surface area contributed by atoms with E-state index >= 15 is 0 Å². The standard InChI is InChI=1S/C12H19N3O/c1-10(13)12(16)14-8-9-15(2)11-6-4-3-5-7-11/h3-7,10H,8-9,13H2,1-2H3,(H,14,16)/t10-/m1/s1. The maximum Gasteiger partial charge on any atom is 0.236 e. The highest BCUT2D eigenvalue weighted by atomic mass is 16.2. The summed E-state index contributed by atoms with van der Waals surface area (Å²) < 4.78 is 0. The Kier molecular flexibility index (Phi) is 4.79. The van der Waals surface area contributed by atoms with Crippen LogP contribution in [0.2, 0.25) is 0 Å². The number of anilines is 1. The Morgan fingerprint density at radius 2 is 2.06 bits per heavy atom.